The maximum absolute atomic E-state index is 13.6. The molecule has 9 nitrogen and oxygen atoms in total. The van der Waals surface area contributed by atoms with Crippen LogP contribution in [0.2, 0.25) is 0 Å². The van der Waals surface area contributed by atoms with Gasteiger partial charge in [-0.15, -0.1) is 0 Å². The molecule has 0 fully saturated rings. The lowest BCUT2D eigenvalue weighted by molar-refractivity contribution is -0.148. The van der Waals surface area contributed by atoms with Gasteiger partial charge in [0.1, 0.15) is 23.7 Å². The van der Waals surface area contributed by atoms with E-state index in [-0.39, 0.29) is 38.7 Å². The van der Waals surface area contributed by atoms with Crippen LogP contribution in [-0.2, 0) is 36.7 Å². The number of hydrogen-bond donors (Lipinski definition) is 3. The average Bonchev–Trinajstić information content (AvgIpc) is 2.93. The lowest BCUT2D eigenvalue weighted by Gasteiger charge is -2.26. The highest BCUT2D eigenvalue weighted by atomic mass is 19.4. The largest absolute Gasteiger partial charge is 0.464 e. The SMILES string of the molecule is CCOC(=O)C(CCCCC(F)(F)F)NC(=O)[C@@H](Cc1ccccc1)NC(=O)[C@@H](Cc1ccccc1)NC(=O)OC(C)(C)C. The monoisotopic (exact) mass is 621 g/mol. The number of esters is 1. The molecule has 3 amide bonds. The number of hydrogen-bond acceptors (Lipinski definition) is 6. The third kappa shape index (κ3) is 14.4. The molecule has 0 spiro atoms. The number of amides is 3. The third-order valence-corrected chi connectivity index (χ3v) is 6.30. The van der Waals surface area contributed by atoms with Gasteiger partial charge in [0, 0.05) is 19.3 Å². The summed E-state index contributed by atoms with van der Waals surface area (Å²) in [6, 6.07) is 14.2. The Morgan fingerprint density at radius 1 is 0.727 bits per heavy atom. The predicted molar refractivity (Wildman–Crippen MR) is 158 cm³/mol. The summed E-state index contributed by atoms with van der Waals surface area (Å²) in [6.45, 7) is 6.63. The molecule has 0 aliphatic rings. The number of carbonyl (C=O) groups excluding carboxylic acids is 4. The van der Waals surface area contributed by atoms with Gasteiger partial charge in [0.2, 0.25) is 11.8 Å². The number of alkyl carbamates (subject to hydrolysis) is 1. The molecule has 2 aromatic rings. The van der Waals surface area contributed by atoms with E-state index in [2.05, 4.69) is 16.0 Å². The first-order valence-electron chi connectivity index (χ1n) is 14.6. The number of ether oxygens (including phenoxy) is 2. The number of rotatable bonds is 15. The van der Waals surface area contributed by atoms with Crippen molar-refractivity contribution in [1.29, 1.82) is 0 Å². The first-order chi connectivity index (χ1) is 20.7. The molecule has 0 aromatic heterocycles. The smallest absolute Gasteiger partial charge is 0.408 e. The van der Waals surface area contributed by atoms with Crippen molar-refractivity contribution in [3.8, 4) is 0 Å². The predicted octanol–water partition coefficient (Wildman–Crippen LogP) is 5.02. The Labute approximate surface area is 256 Å². The van der Waals surface area contributed by atoms with Gasteiger partial charge < -0.3 is 25.4 Å². The second kappa shape index (κ2) is 17.3. The molecule has 1 unspecified atom stereocenters. The third-order valence-electron chi connectivity index (χ3n) is 6.30. The number of benzene rings is 2. The summed E-state index contributed by atoms with van der Waals surface area (Å²) in [4.78, 5) is 52.4. The fraction of sp³-hybridized carbons (Fsp3) is 0.500. The summed E-state index contributed by atoms with van der Waals surface area (Å²) in [6.07, 6.45) is -6.34. The maximum Gasteiger partial charge on any atom is 0.408 e. The first kappa shape index (κ1) is 36.1. The topological polar surface area (TPSA) is 123 Å². The highest BCUT2D eigenvalue weighted by molar-refractivity contribution is 5.93. The minimum Gasteiger partial charge on any atom is -0.464 e. The van der Waals surface area contributed by atoms with E-state index >= 15 is 0 Å². The van der Waals surface area contributed by atoms with Crippen LogP contribution < -0.4 is 16.0 Å². The number of carbonyl (C=O) groups is 4. The van der Waals surface area contributed by atoms with Crippen LogP contribution >= 0.6 is 0 Å². The molecule has 2 aromatic carbocycles. The van der Waals surface area contributed by atoms with Gasteiger partial charge in [-0.2, -0.15) is 13.2 Å². The molecule has 0 radical (unpaired) electrons. The molecular formula is C32H42F3N3O6. The van der Waals surface area contributed by atoms with E-state index in [4.69, 9.17) is 9.47 Å². The summed E-state index contributed by atoms with van der Waals surface area (Å²) >= 11 is 0. The van der Waals surface area contributed by atoms with E-state index in [1.54, 1.807) is 82.3 Å². The van der Waals surface area contributed by atoms with E-state index in [9.17, 15) is 32.3 Å². The van der Waals surface area contributed by atoms with Crippen molar-refractivity contribution < 1.29 is 41.8 Å². The Morgan fingerprint density at radius 3 is 1.66 bits per heavy atom. The van der Waals surface area contributed by atoms with Crippen LogP contribution in [0.1, 0.15) is 64.5 Å². The summed E-state index contributed by atoms with van der Waals surface area (Å²) in [7, 11) is 0. The van der Waals surface area contributed by atoms with Crippen molar-refractivity contribution in [1.82, 2.24) is 16.0 Å². The maximum atomic E-state index is 13.6. The Balaban J connectivity index is 2.28. The molecule has 0 aliphatic carbocycles. The van der Waals surface area contributed by atoms with Gasteiger partial charge in [0.05, 0.1) is 6.61 Å². The Bertz CT molecular complexity index is 1200. The van der Waals surface area contributed by atoms with Gasteiger partial charge in [0.15, 0.2) is 0 Å². The zero-order valence-corrected chi connectivity index (χ0v) is 25.5. The van der Waals surface area contributed by atoms with Crippen molar-refractivity contribution >= 4 is 23.9 Å². The van der Waals surface area contributed by atoms with Crippen molar-refractivity contribution in [3.05, 3.63) is 71.8 Å². The van der Waals surface area contributed by atoms with Crippen LogP contribution in [0.15, 0.2) is 60.7 Å². The highest BCUT2D eigenvalue weighted by Gasteiger charge is 2.32. The normalized spacial score (nSPS) is 13.6. The number of halogens is 3. The molecule has 44 heavy (non-hydrogen) atoms. The fourth-order valence-electron chi connectivity index (χ4n) is 4.28. The van der Waals surface area contributed by atoms with E-state index in [1.807, 2.05) is 6.07 Å². The van der Waals surface area contributed by atoms with E-state index in [0.29, 0.717) is 5.56 Å². The molecule has 0 aliphatic heterocycles. The molecule has 12 heteroatoms. The van der Waals surface area contributed by atoms with Crippen LogP contribution in [0.4, 0.5) is 18.0 Å². The Hall–Kier alpha value is -4.09. The molecular weight excluding hydrogens is 579 g/mol. The average molecular weight is 622 g/mol. The van der Waals surface area contributed by atoms with Gasteiger partial charge in [-0.05, 0) is 51.7 Å². The van der Waals surface area contributed by atoms with Crippen LogP contribution in [0.25, 0.3) is 0 Å². The van der Waals surface area contributed by atoms with E-state index < -0.39 is 60.2 Å². The van der Waals surface area contributed by atoms with Crippen LogP contribution in [0.3, 0.4) is 0 Å². The summed E-state index contributed by atoms with van der Waals surface area (Å²) in [5.74, 6) is -2.19. The zero-order chi connectivity index (χ0) is 32.8. The Morgan fingerprint density at radius 2 is 1.20 bits per heavy atom. The zero-order valence-electron chi connectivity index (χ0n) is 25.5. The number of nitrogens with one attached hydrogen (secondary N) is 3. The molecule has 0 saturated carbocycles. The van der Waals surface area contributed by atoms with Crippen molar-refractivity contribution in [2.24, 2.45) is 0 Å². The van der Waals surface area contributed by atoms with Crippen LogP contribution in [0.5, 0.6) is 0 Å². The van der Waals surface area contributed by atoms with Gasteiger partial charge in [-0.3, -0.25) is 9.59 Å². The minimum absolute atomic E-state index is 0.00936. The standard InChI is InChI=1S/C32H42F3N3O6/c1-5-43-29(41)24(18-12-13-19-32(33,34)35)36-27(39)25(20-22-14-8-6-9-15-22)37-28(40)26(21-23-16-10-7-11-17-23)38-30(42)44-31(2,3)4/h6-11,14-17,24-26H,5,12-13,18-21H2,1-4H3,(H,36,39)(H,37,40)(H,38,42)/t24?,25-,26-/m1/s1. The molecule has 0 heterocycles. The minimum atomic E-state index is -4.34. The summed E-state index contributed by atoms with van der Waals surface area (Å²) in [5.41, 5.74) is 0.620. The number of alkyl halides is 3. The quantitative estimate of drug-likeness (QED) is 0.190. The van der Waals surface area contributed by atoms with Crippen molar-refractivity contribution in [2.45, 2.75) is 96.1 Å². The molecule has 0 saturated heterocycles. The summed E-state index contributed by atoms with van der Waals surface area (Å²) < 4.78 is 48.3. The van der Waals surface area contributed by atoms with Crippen molar-refractivity contribution in [3.63, 3.8) is 0 Å². The van der Waals surface area contributed by atoms with E-state index in [1.165, 1.54) is 0 Å². The molecule has 0 bridgehead atoms. The van der Waals surface area contributed by atoms with Crippen molar-refractivity contribution in [2.75, 3.05) is 6.61 Å². The van der Waals surface area contributed by atoms with Gasteiger partial charge in [-0.25, -0.2) is 9.59 Å². The van der Waals surface area contributed by atoms with Crippen LogP contribution in [0, 0.1) is 0 Å². The van der Waals surface area contributed by atoms with Gasteiger partial charge >= 0.3 is 18.2 Å². The molecule has 3 atom stereocenters. The Kier molecular flexibility index (Phi) is 14.2. The second-order valence-electron chi connectivity index (χ2n) is 11.3. The van der Waals surface area contributed by atoms with E-state index in [0.717, 1.165) is 5.56 Å². The summed E-state index contributed by atoms with van der Waals surface area (Å²) in [5, 5.41) is 7.84. The molecule has 3 N–H and O–H groups in total. The lowest BCUT2D eigenvalue weighted by Crippen LogP contribution is -2.57. The van der Waals surface area contributed by atoms with Gasteiger partial charge in [0.25, 0.3) is 0 Å². The fourth-order valence-corrected chi connectivity index (χ4v) is 4.28. The lowest BCUT2D eigenvalue weighted by atomic mass is 10.0. The first-order valence-corrected chi connectivity index (χ1v) is 14.6. The molecule has 2 rings (SSSR count). The second-order valence-corrected chi connectivity index (χ2v) is 11.3. The highest BCUT2D eigenvalue weighted by Crippen LogP contribution is 2.23. The van der Waals surface area contributed by atoms with Gasteiger partial charge in [-0.1, -0.05) is 67.1 Å². The number of unbranched alkanes of at least 4 members (excludes halogenated alkanes) is 1. The van der Waals surface area contributed by atoms with Crippen LogP contribution in [-0.4, -0.2) is 60.4 Å². The molecule has 242 valence electrons.